The average Bonchev–Trinajstić information content (AvgIpc) is 2.87. The molecule has 0 saturated carbocycles. The van der Waals surface area contributed by atoms with Gasteiger partial charge in [-0.25, -0.2) is 8.42 Å². The third-order valence-corrected chi connectivity index (χ3v) is 4.68. The molecular formula is C14H17BrN2O3S. The van der Waals surface area contributed by atoms with Crippen molar-refractivity contribution in [1.82, 2.24) is 0 Å². The zero-order chi connectivity index (χ0) is 15.5. The second-order valence-electron chi connectivity index (χ2n) is 4.59. The van der Waals surface area contributed by atoms with E-state index in [0.29, 0.717) is 10.4 Å². The highest BCUT2D eigenvalue weighted by Gasteiger charge is 2.10. The summed E-state index contributed by atoms with van der Waals surface area (Å²) in [4.78, 5) is 0. The third kappa shape index (κ3) is 4.50. The fourth-order valence-corrected chi connectivity index (χ4v) is 2.73. The summed E-state index contributed by atoms with van der Waals surface area (Å²) in [5.41, 5.74) is 1.44. The van der Waals surface area contributed by atoms with Crippen LogP contribution >= 0.6 is 15.9 Å². The lowest BCUT2D eigenvalue weighted by Crippen LogP contribution is -2.14. The summed E-state index contributed by atoms with van der Waals surface area (Å²) in [6.45, 7) is 3.58. The van der Waals surface area contributed by atoms with Crippen molar-refractivity contribution in [2.75, 3.05) is 15.8 Å². The number of rotatable bonds is 6. The number of hydrogen-bond donors (Lipinski definition) is 2. The summed E-state index contributed by atoms with van der Waals surface area (Å²) in [5, 5.41) is 3.28. The van der Waals surface area contributed by atoms with Crippen molar-refractivity contribution in [3.8, 4) is 0 Å². The van der Waals surface area contributed by atoms with Gasteiger partial charge in [0.15, 0.2) is 4.67 Å². The molecular weight excluding hydrogens is 356 g/mol. The Morgan fingerprint density at radius 1 is 1.14 bits per heavy atom. The maximum atomic E-state index is 11.5. The highest BCUT2D eigenvalue weighted by atomic mass is 79.9. The van der Waals surface area contributed by atoms with E-state index in [2.05, 4.69) is 26.0 Å². The minimum absolute atomic E-state index is 0.00878. The predicted octanol–water partition coefficient (Wildman–Crippen LogP) is 3.98. The molecule has 2 rings (SSSR count). The van der Waals surface area contributed by atoms with Crippen LogP contribution in [0.25, 0.3) is 0 Å². The van der Waals surface area contributed by atoms with Gasteiger partial charge in [0.05, 0.1) is 11.8 Å². The molecule has 0 aliphatic rings. The lowest BCUT2D eigenvalue weighted by molar-refractivity contribution is 0.471. The van der Waals surface area contributed by atoms with Crippen molar-refractivity contribution in [2.45, 2.75) is 19.9 Å². The lowest BCUT2D eigenvalue weighted by Gasteiger charge is -2.13. The van der Waals surface area contributed by atoms with Gasteiger partial charge in [0.25, 0.3) is 0 Å². The number of furan rings is 1. The van der Waals surface area contributed by atoms with E-state index in [0.717, 1.165) is 11.4 Å². The second-order valence-corrected chi connectivity index (χ2v) is 7.38. The minimum Gasteiger partial charge on any atom is -0.452 e. The third-order valence-electron chi connectivity index (χ3n) is 2.94. The van der Waals surface area contributed by atoms with Crippen LogP contribution in [0, 0.1) is 0 Å². The molecule has 2 N–H and O–H groups in total. The van der Waals surface area contributed by atoms with Crippen LogP contribution in [-0.2, 0) is 10.0 Å². The zero-order valence-corrected chi connectivity index (χ0v) is 14.2. The molecule has 0 spiro atoms. The van der Waals surface area contributed by atoms with E-state index in [1.54, 1.807) is 19.1 Å². The van der Waals surface area contributed by atoms with Gasteiger partial charge in [0.1, 0.15) is 5.76 Å². The lowest BCUT2D eigenvalue weighted by atomic mass is 10.2. The first kappa shape index (κ1) is 15.9. The van der Waals surface area contributed by atoms with Crippen molar-refractivity contribution in [3.05, 3.63) is 46.8 Å². The molecule has 0 radical (unpaired) electrons. The number of benzene rings is 1. The van der Waals surface area contributed by atoms with E-state index in [1.165, 1.54) is 0 Å². The fourth-order valence-electron chi connectivity index (χ4n) is 1.77. The maximum absolute atomic E-state index is 11.5. The van der Waals surface area contributed by atoms with Gasteiger partial charge in [0.2, 0.25) is 10.0 Å². The Morgan fingerprint density at radius 3 is 2.29 bits per heavy atom. The Balaban J connectivity index is 2.02. The van der Waals surface area contributed by atoms with Crippen LogP contribution in [0.1, 0.15) is 25.6 Å². The van der Waals surface area contributed by atoms with Gasteiger partial charge in [0, 0.05) is 11.4 Å². The van der Waals surface area contributed by atoms with Gasteiger partial charge >= 0.3 is 0 Å². The summed E-state index contributed by atoms with van der Waals surface area (Å²) in [6, 6.07) is 10.8. The summed E-state index contributed by atoms with van der Waals surface area (Å²) < 4.78 is 31.6. The molecule has 0 fully saturated rings. The number of nitrogens with one attached hydrogen (secondary N) is 2. The van der Waals surface area contributed by atoms with Crippen molar-refractivity contribution in [2.24, 2.45) is 0 Å². The van der Waals surface area contributed by atoms with Crippen LogP contribution in [0.15, 0.2) is 45.5 Å². The van der Waals surface area contributed by atoms with E-state index in [4.69, 9.17) is 4.42 Å². The number of anilines is 2. The Labute approximate surface area is 132 Å². The standard InChI is InChI=1S/C14H17BrN2O3S/c1-3-21(18,19)17-12-6-4-11(5-7-12)16-10(2)13-8-9-14(15)20-13/h4-10,16-17H,3H2,1-2H3. The van der Waals surface area contributed by atoms with Gasteiger partial charge < -0.3 is 9.73 Å². The van der Waals surface area contributed by atoms with Crippen LogP contribution in [0.3, 0.4) is 0 Å². The number of halogens is 1. The highest BCUT2D eigenvalue weighted by Crippen LogP contribution is 2.24. The molecule has 114 valence electrons. The molecule has 0 saturated heterocycles. The van der Waals surface area contributed by atoms with Gasteiger partial charge in [-0.15, -0.1) is 0 Å². The van der Waals surface area contributed by atoms with Gasteiger partial charge in [-0.3, -0.25) is 4.72 Å². The normalized spacial score (nSPS) is 12.9. The first-order valence-electron chi connectivity index (χ1n) is 6.52. The molecule has 0 aliphatic heterocycles. The van der Waals surface area contributed by atoms with Crippen LogP contribution in [-0.4, -0.2) is 14.2 Å². The summed E-state index contributed by atoms with van der Waals surface area (Å²) in [5.74, 6) is 0.870. The zero-order valence-electron chi connectivity index (χ0n) is 11.8. The molecule has 1 aromatic heterocycles. The van der Waals surface area contributed by atoms with Crippen molar-refractivity contribution < 1.29 is 12.8 Å². The van der Waals surface area contributed by atoms with E-state index < -0.39 is 10.0 Å². The first-order chi connectivity index (χ1) is 9.89. The van der Waals surface area contributed by atoms with Gasteiger partial charge in [-0.2, -0.15) is 0 Å². The Morgan fingerprint density at radius 2 is 1.76 bits per heavy atom. The fraction of sp³-hybridized carbons (Fsp3) is 0.286. The highest BCUT2D eigenvalue weighted by molar-refractivity contribution is 9.10. The molecule has 0 amide bonds. The second kappa shape index (κ2) is 6.53. The number of sulfonamides is 1. The first-order valence-corrected chi connectivity index (χ1v) is 8.96. The van der Waals surface area contributed by atoms with E-state index in [-0.39, 0.29) is 11.8 Å². The largest absolute Gasteiger partial charge is 0.452 e. The number of hydrogen-bond acceptors (Lipinski definition) is 4. The van der Waals surface area contributed by atoms with Crippen molar-refractivity contribution >= 4 is 37.3 Å². The molecule has 1 aromatic carbocycles. The molecule has 1 unspecified atom stereocenters. The Hall–Kier alpha value is -1.47. The van der Waals surface area contributed by atoms with Gasteiger partial charge in [-0.1, -0.05) is 0 Å². The Kier molecular flexibility index (Phi) is 4.95. The predicted molar refractivity (Wildman–Crippen MR) is 88.0 cm³/mol. The SMILES string of the molecule is CCS(=O)(=O)Nc1ccc(NC(C)c2ccc(Br)o2)cc1. The maximum Gasteiger partial charge on any atom is 0.232 e. The summed E-state index contributed by atoms with van der Waals surface area (Å²) in [6.07, 6.45) is 0. The van der Waals surface area contributed by atoms with Crippen LogP contribution in [0.5, 0.6) is 0 Å². The summed E-state index contributed by atoms with van der Waals surface area (Å²) in [7, 11) is -3.24. The van der Waals surface area contributed by atoms with Crippen molar-refractivity contribution in [3.63, 3.8) is 0 Å². The molecule has 0 aliphatic carbocycles. The quantitative estimate of drug-likeness (QED) is 0.804. The van der Waals surface area contributed by atoms with Crippen LogP contribution in [0.4, 0.5) is 11.4 Å². The molecule has 2 aromatic rings. The minimum atomic E-state index is -3.24. The molecule has 5 nitrogen and oxygen atoms in total. The Bertz CT molecular complexity index is 695. The van der Waals surface area contributed by atoms with Gasteiger partial charge in [-0.05, 0) is 66.2 Å². The summed E-state index contributed by atoms with van der Waals surface area (Å²) >= 11 is 3.27. The van der Waals surface area contributed by atoms with Crippen LogP contribution in [0.2, 0.25) is 0 Å². The molecule has 7 heteroatoms. The molecule has 21 heavy (non-hydrogen) atoms. The molecule has 1 atom stereocenters. The topological polar surface area (TPSA) is 71.3 Å². The smallest absolute Gasteiger partial charge is 0.232 e. The molecule has 0 bridgehead atoms. The molecule has 1 heterocycles. The monoisotopic (exact) mass is 372 g/mol. The van der Waals surface area contributed by atoms with Crippen LogP contribution < -0.4 is 10.0 Å². The van der Waals surface area contributed by atoms with E-state index in [9.17, 15) is 8.42 Å². The average molecular weight is 373 g/mol. The van der Waals surface area contributed by atoms with E-state index >= 15 is 0 Å². The van der Waals surface area contributed by atoms with E-state index in [1.807, 2.05) is 31.2 Å². The van der Waals surface area contributed by atoms with Crippen molar-refractivity contribution in [1.29, 1.82) is 0 Å².